The summed E-state index contributed by atoms with van der Waals surface area (Å²) in [6.45, 7) is 6.90. The molecule has 0 spiro atoms. The molecule has 0 N–H and O–H groups in total. The van der Waals surface area contributed by atoms with E-state index in [-0.39, 0.29) is 5.41 Å². The lowest BCUT2D eigenvalue weighted by atomic mass is 9.83. The zero-order valence-corrected chi connectivity index (χ0v) is 15.2. The Labute approximate surface area is 150 Å². The fourth-order valence-corrected chi connectivity index (χ4v) is 3.54. The number of ether oxygens (including phenoxy) is 1. The maximum Gasteiger partial charge on any atom is 0.140 e. The van der Waals surface area contributed by atoms with Gasteiger partial charge in [0.1, 0.15) is 17.3 Å². The van der Waals surface area contributed by atoms with Gasteiger partial charge in [0.15, 0.2) is 0 Å². The zero-order valence-electron chi connectivity index (χ0n) is 15.2. The van der Waals surface area contributed by atoms with E-state index in [0.29, 0.717) is 12.2 Å². The lowest BCUT2D eigenvalue weighted by molar-refractivity contribution is -0.127. The van der Waals surface area contributed by atoms with E-state index in [9.17, 15) is 4.79 Å². The fourth-order valence-electron chi connectivity index (χ4n) is 3.54. The van der Waals surface area contributed by atoms with E-state index in [4.69, 9.17) is 4.74 Å². The van der Waals surface area contributed by atoms with Gasteiger partial charge < -0.3 is 4.74 Å². The summed E-state index contributed by atoms with van der Waals surface area (Å²) in [5.41, 5.74) is 1.05. The molecule has 0 aromatic heterocycles. The number of carbonyl (C=O) groups excluding carboxylic acids is 1. The van der Waals surface area contributed by atoms with Crippen molar-refractivity contribution in [2.45, 2.75) is 39.7 Å². The van der Waals surface area contributed by atoms with Crippen molar-refractivity contribution in [3.05, 3.63) is 60.2 Å². The van der Waals surface area contributed by atoms with Gasteiger partial charge in [-0.05, 0) is 49.2 Å². The molecule has 25 heavy (non-hydrogen) atoms. The summed E-state index contributed by atoms with van der Waals surface area (Å²) in [5.74, 6) is 2.12. The molecule has 1 heterocycles. The molecule has 2 aromatic rings. The first kappa shape index (κ1) is 17.7. The van der Waals surface area contributed by atoms with Crippen molar-refractivity contribution >= 4 is 5.78 Å². The average Bonchev–Trinajstić information content (AvgIpc) is 2.99. The predicted molar refractivity (Wildman–Crippen MR) is 101 cm³/mol. The van der Waals surface area contributed by atoms with Crippen LogP contribution in [-0.4, -0.2) is 23.8 Å². The van der Waals surface area contributed by atoms with Gasteiger partial charge >= 0.3 is 0 Å². The molecule has 0 aliphatic carbocycles. The second kappa shape index (κ2) is 7.83. The van der Waals surface area contributed by atoms with E-state index in [2.05, 4.69) is 30.9 Å². The number of hydrogen-bond donors (Lipinski definition) is 0. The summed E-state index contributed by atoms with van der Waals surface area (Å²) in [7, 11) is 0. The van der Waals surface area contributed by atoms with Gasteiger partial charge in [-0.15, -0.1) is 0 Å². The summed E-state index contributed by atoms with van der Waals surface area (Å²) >= 11 is 0. The van der Waals surface area contributed by atoms with Gasteiger partial charge in [0.2, 0.25) is 0 Å². The van der Waals surface area contributed by atoms with Gasteiger partial charge in [-0.3, -0.25) is 9.69 Å². The molecule has 1 fully saturated rings. The van der Waals surface area contributed by atoms with Crippen LogP contribution in [0.3, 0.4) is 0 Å². The van der Waals surface area contributed by atoms with Crippen LogP contribution in [0.1, 0.15) is 38.7 Å². The lowest BCUT2D eigenvalue weighted by Crippen LogP contribution is -2.31. The molecule has 0 unspecified atom stereocenters. The fraction of sp³-hybridized carbons (Fsp3) is 0.409. The molecular formula is C22H27NO2. The minimum Gasteiger partial charge on any atom is -0.457 e. The van der Waals surface area contributed by atoms with Crippen LogP contribution in [0.2, 0.25) is 0 Å². The third-order valence-electron chi connectivity index (χ3n) is 4.99. The molecule has 3 heteroatoms. The van der Waals surface area contributed by atoms with Crippen LogP contribution < -0.4 is 4.74 Å². The zero-order chi connectivity index (χ0) is 17.7. The minimum absolute atomic E-state index is 0.172. The SMILES string of the molecule is CCCC(=O)[C@]1(C)CCN(Cc2cccc(Oc3ccccc3)c2)C1. The van der Waals surface area contributed by atoms with Crippen LogP contribution in [-0.2, 0) is 11.3 Å². The highest BCUT2D eigenvalue weighted by Crippen LogP contribution is 2.33. The van der Waals surface area contributed by atoms with Gasteiger partial charge in [0.05, 0.1) is 0 Å². The van der Waals surface area contributed by atoms with Crippen LogP contribution in [0.25, 0.3) is 0 Å². The maximum atomic E-state index is 12.4. The third-order valence-corrected chi connectivity index (χ3v) is 4.99. The van der Waals surface area contributed by atoms with E-state index in [1.807, 2.05) is 42.5 Å². The Morgan fingerprint density at radius 2 is 1.88 bits per heavy atom. The summed E-state index contributed by atoms with van der Waals surface area (Å²) in [4.78, 5) is 14.8. The van der Waals surface area contributed by atoms with Crippen LogP contribution >= 0.6 is 0 Å². The standard InChI is InChI=1S/C22H27NO2/c1-3-8-21(24)22(2)13-14-23(17-22)16-18-9-7-12-20(15-18)25-19-10-5-4-6-11-19/h4-7,9-12,15H,3,8,13-14,16-17H2,1-2H3/t22-/m1/s1. The van der Waals surface area contributed by atoms with Crippen LogP contribution in [0, 0.1) is 5.41 Å². The van der Waals surface area contributed by atoms with E-state index in [0.717, 1.165) is 44.0 Å². The summed E-state index contributed by atoms with van der Waals surface area (Å²) in [5, 5.41) is 0. The molecule has 2 aromatic carbocycles. The number of likely N-dealkylation sites (tertiary alicyclic amines) is 1. The second-order valence-corrected chi connectivity index (χ2v) is 7.26. The van der Waals surface area contributed by atoms with Gasteiger partial charge in [0, 0.05) is 24.9 Å². The minimum atomic E-state index is -0.172. The Kier molecular flexibility index (Phi) is 5.54. The van der Waals surface area contributed by atoms with E-state index in [1.165, 1.54) is 5.56 Å². The molecule has 0 radical (unpaired) electrons. The number of hydrogen-bond acceptors (Lipinski definition) is 3. The normalized spacial score (nSPS) is 20.6. The van der Waals surface area contributed by atoms with Crippen molar-refractivity contribution in [2.75, 3.05) is 13.1 Å². The number of Topliss-reactive ketones (excluding diaryl/α,β-unsaturated/α-hetero) is 1. The van der Waals surface area contributed by atoms with Crippen LogP contribution in [0.4, 0.5) is 0 Å². The molecule has 1 aliphatic heterocycles. The van der Waals surface area contributed by atoms with E-state index < -0.39 is 0 Å². The number of ketones is 1. The molecule has 3 rings (SSSR count). The lowest BCUT2D eigenvalue weighted by Gasteiger charge is -2.23. The highest BCUT2D eigenvalue weighted by atomic mass is 16.5. The maximum absolute atomic E-state index is 12.4. The smallest absolute Gasteiger partial charge is 0.140 e. The van der Waals surface area contributed by atoms with Crippen molar-refractivity contribution in [2.24, 2.45) is 5.41 Å². The number of carbonyl (C=O) groups is 1. The topological polar surface area (TPSA) is 29.5 Å². The number of nitrogens with zero attached hydrogens (tertiary/aromatic N) is 1. The number of para-hydroxylation sites is 1. The Morgan fingerprint density at radius 1 is 1.12 bits per heavy atom. The van der Waals surface area contributed by atoms with Gasteiger partial charge in [-0.2, -0.15) is 0 Å². The number of benzene rings is 2. The molecule has 3 nitrogen and oxygen atoms in total. The Balaban J connectivity index is 1.62. The highest BCUT2D eigenvalue weighted by Gasteiger charge is 2.39. The first-order chi connectivity index (χ1) is 12.1. The van der Waals surface area contributed by atoms with Gasteiger partial charge in [-0.25, -0.2) is 0 Å². The Morgan fingerprint density at radius 3 is 2.64 bits per heavy atom. The Hall–Kier alpha value is -2.13. The van der Waals surface area contributed by atoms with Crippen molar-refractivity contribution < 1.29 is 9.53 Å². The largest absolute Gasteiger partial charge is 0.457 e. The van der Waals surface area contributed by atoms with Crippen LogP contribution in [0.5, 0.6) is 11.5 Å². The van der Waals surface area contributed by atoms with Crippen molar-refractivity contribution in [3.8, 4) is 11.5 Å². The molecular weight excluding hydrogens is 310 g/mol. The van der Waals surface area contributed by atoms with E-state index >= 15 is 0 Å². The first-order valence-electron chi connectivity index (χ1n) is 9.16. The summed E-state index contributed by atoms with van der Waals surface area (Å²) in [6, 6.07) is 18.1. The molecule has 132 valence electrons. The quantitative estimate of drug-likeness (QED) is 0.707. The first-order valence-corrected chi connectivity index (χ1v) is 9.16. The monoisotopic (exact) mass is 337 g/mol. The van der Waals surface area contributed by atoms with Gasteiger partial charge in [0.25, 0.3) is 0 Å². The summed E-state index contributed by atoms with van der Waals surface area (Å²) in [6.07, 6.45) is 2.60. The van der Waals surface area contributed by atoms with Crippen molar-refractivity contribution in [1.29, 1.82) is 0 Å². The number of rotatable bonds is 7. The Bertz CT molecular complexity index is 713. The predicted octanol–water partition coefficient (Wildman–Crippen LogP) is 5.06. The van der Waals surface area contributed by atoms with Crippen molar-refractivity contribution in [1.82, 2.24) is 4.90 Å². The molecule has 0 bridgehead atoms. The molecule has 1 aliphatic rings. The second-order valence-electron chi connectivity index (χ2n) is 7.26. The highest BCUT2D eigenvalue weighted by molar-refractivity contribution is 5.85. The van der Waals surface area contributed by atoms with Crippen molar-refractivity contribution in [3.63, 3.8) is 0 Å². The molecule has 1 atom stereocenters. The molecule has 0 saturated carbocycles. The van der Waals surface area contributed by atoms with Crippen LogP contribution in [0.15, 0.2) is 54.6 Å². The third kappa shape index (κ3) is 4.49. The molecule has 1 saturated heterocycles. The van der Waals surface area contributed by atoms with E-state index in [1.54, 1.807) is 0 Å². The average molecular weight is 337 g/mol. The summed E-state index contributed by atoms with van der Waals surface area (Å²) < 4.78 is 5.92. The van der Waals surface area contributed by atoms with Gasteiger partial charge in [-0.1, -0.05) is 44.2 Å². The molecule has 0 amide bonds.